The fourth-order valence-corrected chi connectivity index (χ4v) is 1.21. The average Bonchev–Trinajstić information content (AvgIpc) is 2.34. The van der Waals surface area contributed by atoms with Crippen LogP contribution in [0.3, 0.4) is 0 Å². The molecule has 0 aromatic heterocycles. The first-order valence-corrected chi connectivity index (χ1v) is 5.78. The Morgan fingerprint density at radius 1 is 1.21 bits per heavy atom. The molecule has 3 amide bonds. The number of rotatable bonds is 7. The predicted molar refractivity (Wildman–Crippen MR) is 64.3 cm³/mol. The van der Waals surface area contributed by atoms with Gasteiger partial charge in [-0.1, -0.05) is 0 Å². The summed E-state index contributed by atoms with van der Waals surface area (Å²) in [5.74, 6) is -2.16. The molecule has 108 valence electrons. The smallest absolute Gasteiger partial charge is 0.325 e. The number of nitrogens with zero attached hydrogens (tertiary/aromatic N) is 1. The summed E-state index contributed by atoms with van der Waals surface area (Å²) >= 11 is 0. The molecule has 0 saturated carbocycles. The van der Waals surface area contributed by atoms with E-state index in [1.807, 2.05) is 0 Å². The molecule has 0 aliphatic rings. The molecule has 0 spiro atoms. The summed E-state index contributed by atoms with van der Waals surface area (Å²) in [6, 6.07) is -0.701. The molecule has 0 aromatic carbocycles. The van der Waals surface area contributed by atoms with Crippen LogP contribution >= 0.6 is 0 Å². The van der Waals surface area contributed by atoms with Gasteiger partial charge in [0.1, 0.15) is 6.54 Å². The molecular formula is C11H18N2O6. The van der Waals surface area contributed by atoms with E-state index < -0.39 is 23.9 Å². The number of imide groups is 1. The zero-order valence-corrected chi connectivity index (χ0v) is 11.0. The maximum Gasteiger partial charge on any atom is 0.325 e. The number of ether oxygens (including phenoxy) is 1. The highest BCUT2D eigenvalue weighted by atomic mass is 16.5. The number of carbonyl (C=O) groups excluding carboxylic acids is 3. The number of nitrogens with one attached hydrogen (secondary N) is 1. The third kappa shape index (κ3) is 7.74. The first-order chi connectivity index (χ1) is 8.90. The lowest BCUT2D eigenvalue weighted by Gasteiger charge is -2.19. The Morgan fingerprint density at radius 2 is 1.84 bits per heavy atom. The van der Waals surface area contributed by atoms with Crippen LogP contribution in [0.1, 0.15) is 26.2 Å². The Morgan fingerprint density at radius 3 is 2.32 bits per heavy atom. The van der Waals surface area contributed by atoms with Gasteiger partial charge in [0, 0.05) is 19.4 Å². The fraction of sp³-hybridized carbons (Fsp3) is 0.636. The third-order valence-corrected chi connectivity index (χ3v) is 2.26. The van der Waals surface area contributed by atoms with Crippen molar-refractivity contribution in [1.82, 2.24) is 10.2 Å². The quantitative estimate of drug-likeness (QED) is 0.630. The van der Waals surface area contributed by atoms with Crippen LogP contribution in [0.4, 0.5) is 4.79 Å². The van der Waals surface area contributed by atoms with E-state index in [0.29, 0.717) is 0 Å². The van der Waals surface area contributed by atoms with Crippen molar-refractivity contribution in [3.8, 4) is 0 Å². The van der Waals surface area contributed by atoms with Gasteiger partial charge >= 0.3 is 18.0 Å². The molecular weight excluding hydrogens is 256 g/mol. The molecule has 0 bridgehead atoms. The van der Waals surface area contributed by atoms with Crippen molar-refractivity contribution in [1.29, 1.82) is 0 Å². The third-order valence-electron chi connectivity index (χ3n) is 2.26. The highest BCUT2D eigenvalue weighted by Crippen LogP contribution is 1.97. The van der Waals surface area contributed by atoms with Crippen molar-refractivity contribution in [3.63, 3.8) is 0 Å². The molecule has 0 heterocycles. The molecule has 0 rings (SSSR count). The zero-order chi connectivity index (χ0) is 14.8. The normalized spacial score (nSPS) is 9.58. The molecule has 19 heavy (non-hydrogen) atoms. The van der Waals surface area contributed by atoms with Crippen molar-refractivity contribution in [2.45, 2.75) is 26.2 Å². The molecule has 0 aromatic rings. The van der Waals surface area contributed by atoms with Crippen LogP contribution in [0.2, 0.25) is 0 Å². The Kier molecular flexibility index (Phi) is 7.90. The number of carboxylic acid groups (broad SMARTS) is 1. The predicted octanol–water partition coefficient (Wildman–Crippen LogP) is -0.0276. The van der Waals surface area contributed by atoms with Crippen LogP contribution in [0.5, 0.6) is 0 Å². The summed E-state index contributed by atoms with van der Waals surface area (Å²) in [4.78, 5) is 45.3. The van der Waals surface area contributed by atoms with Gasteiger partial charge in [-0.15, -0.1) is 0 Å². The van der Waals surface area contributed by atoms with Crippen LogP contribution in [-0.4, -0.2) is 54.1 Å². The summed E-state index contributed by atoms with van der Waals surface area (Å²) in [6.07, 6.45) is -0.0490. The highest BCUT2D eigenvalue weighted by Gasteiger charge is 2.17. The second kappa shape index (κ2) is 8.90. The molecule has 0 unspecified atom stereocenters. The Hall–Kier alpha value is -2.12. The first-order valence-electron chi connectivity index (χ1n) is 5.78. The van der Waals surface area contributed by atoms with Crippen molar-refractivity contribution in [2.75, 3.05) is 20.2 Å². The number of aliphatic carboxylic acids is 1. The monoisotopic (exact) mass is 274 g/mol. The highest BCUT2D eigenvalue weighted by molar-refractivity contribution is 5.95. The van der Waals surface area contributed by atoms with E-state index in [2.05, 4.69) is 10.1 Å². The van der Waals surface area contributed by atoms with Gasteiger partial charge in [-0.25, -0.2) is 4.79 Å². The maximum atomic E-state index is 11.6. The molecule has 0 atom stereocenters. The molecule has 0 radical (unpaired) electrons. The SMILES string of the molecule is CCN(CC(=O)OC)C(=O)NC(=O)CCCC(=O)O. The Balaban J connectivity index is 4.14. The van der Waals surface area contributed by atoms with Crippen LogP contribution in [0, 0.1) is 0 Å². The van der Waals surface area contributed by atoms with E-state index in [1.165, 1.54) is 7.11 Å². The average molecular weight is 274 g/mol. The number of urea groups is 1. The summed E-state index contributed by atoms with van der Waals surface area (Å²) < 4.78 is 4.42. The largest absolute Gasteiger partial charge is 0.481 e. The molecule has 0 saturated heterocycles. The number of methoxy groups -OCH3 is 1. The van der Waals surface area contributed by atoms with E-state index in [0.717, 1.165) is 4.90 Å². The number of likely N-dealkylation sites (N-methyl/N-ethyl adjacent to an activating group) is 1. The van der Waals surface area contributed by atoms with Crippen molar-refractivity contribution < 1.29 is 29.0 Å². The fourth-order valence-electron chi connectivity index (χ4n) is 1.21. The lowest BCUT2D eigenvalue weighted by atomic mass is 10.2. The number of carboxylic acids is 1. The van der Waals surface area contributed by atoms with Crippen molar-refractivity contribution >= 4 is 23.9 Å². The van der Waals surface area contributed by atoms with Crippen LogP contribution < -0.4 is 5.32 Å². The van der Waals surface area contributed by atoms with Crippen LogP contribution in [0.25, 0.3) is 0 Å². The number of hydrogen-bond donors (Lipinski definition) is 2. The van der Waals surface area contributed by atoms with Gasteiger partial charge in [0.15, 0.2) is 0 Å². The summed E-state index contributed by atoms with van der Waals surface area (Å²) in [5, 5.41) is 10.5. The molecule has 8 nitrogen and oxygen atoms in total. The standard InChI is InChI=1S/C11H18N2O6/c1-3-13(7-10(17)19-2)11(18)12-8(14)5-4-6-9(15)16/h3-7H2,1-2H3,(H,15,16)(H,12,14,18). The molecule has 0 aliphatic heterocycles. The van der Waals surface area contributed by atoms with Gasteiger partial charge < -0.3 is 14.7 Å². The number of carbonyl (C=O) groups is 4. The molecule has 0 fully saturated rings. The van der Waals surface area contributed by atoms with Gasteiger partial charge in [0.2, 0.25) is 5.91 Å². The summed E-state index contributed by atoms with van der Waals surface area (Å²) in [6.45, 7) is 1.64. The van der Waals surface area contributed by atoms with E-state index in [1.54, 1.807) is 6.92 Å². The van der Waals surface area contributed by atoms with E-state index in [9.17, 15) is 19.2 Å². The molecule has 2 N–H and O–H groups in total. The van der Waals surface area contributed by atoms with Gasteiger partial charge in [0.05, 0.1) is 7.11 Å². The van der Waals surface area contributed by atoms with E-state index in [-0.39, 0.29) is 32.4 Å². The van der Waals surface area contributed by atoms with Gasteiger partial charge in [-0.05, 0) is 13.3 Å². The minimum absolute atomic E-state index is 0.0617. The van der Waals surface area contributed by atoms with Gasteiger partial charge in [0.25, 0.3) is 0 Å². The second-order valence-corrected chi connectivity index (χ2v) is 3.69. The Bertz CT molecular complexity index is 355. The maximum absolute atomic E-state index is 11.6. The first kappa shape index (κ1) is 16.9. The van der Waals surface area contributed by atoms with E-state index >= 15 is 0 Å². The van der Waals surface area contributed by atoms with E-state index in [4.69, 9.17) is 5.11 Å². The topological polar surface area (TPSA) is 113 Å². The van der Waals surface area contributed by atoms with Crippen molar-refractivity contribution in [2.24, 2.45) is 0 Å². The van der Waals surface area contributed by atoms with Crippen LogP contribution in [-0.2, 0) is 19.1 Å². The lowest BCUT2D eigenvalue weighted by molar-refractivity contribution is -0.141. The molecule has 0 aliphatic carbocycles. The summed E-state index contributed by atoms with van der Waals surface area (Å²) in [7, 11) is 1.20. The lowest BCUT2D eigenvalue weighted by Crippen LogP contribution is -2.45. The van der Waals surface area contributed by atoms with Gasteiger partial charge in [-0.3, -0.25) is 19.7 Å². The summed E-state index contributed by atoms with van der Waals surface area (Å²) in [5.41, 5.74) is 0. The minimum atomic E-state index is -1.000. The molecule has 8 heteroatoms. The van der Waals surface area contributed by atoms with Gasteiger partial charge in [-0.2, -0.15) is 0 Å². The number of hydrogen-bond acceptors (Lipinski definition) is 5. The minimum Gasteiger partial charge on any atom is -0.481 e. The van der Waals surface area contributed by atoms with Crippen LogP contribution in [0.15, 0.2) is 0 Å². The second-order valence-electron chi connectivity index (χ2n) is 3.69. The zero-order valence-electron chi connectivity index (χ0n) is 11.0. The number of amides is 3. The van der Waals surface area contributed by atoms with Crippen molar-refractivity contribution in [3.05, 3.63) is 0 Å². The Labute approximate surface area is 110 Å². The number of esters is 1.